The number of carbonyl (C=O) groups excluding carboxylic acids is 4. The molecule has 1 aromatic carbocycles. The van der Waals surface area contributed by atoms with Crippen LogP contribution >= 0.6 is 11.6 Å². The molecule has 180 valence electrons. The Morgan fingerprint density at radius 1 is 1.17 bits per heavy atom. The maximum Gasteiger partial charge on any atom is 0.277 e. The van der Waals surface area contributed by atoms with E-state index in [9.17, 15) is 23.6 Å². The van der Waals surface area contributed by atoms with Crippen LogP contribution < -0.4 is 22.1 Å². The van der Waals surface area contributed by atoms with Gasteiger partial charge < -0.3 is 22.1 Å². The molecule has 0 radical (unpaired) electrons. The van der Waals surface area contributed by atoms with Crippen LogP contribution in [0.3, 0.4) is 0 Å². The fourth-order valence-corrected chi connectivity index (χ4v) is 3.20. The minimum atomic E-state index is -1.09. The van der Waals surface area contributed by atoms with Crippen LogP contribution in [0.25, 0.3) is 5.57 Å². The van der Waals surface area contributed by atoms with Crippen LogP contribution in [0.2, 0.25) is 5.02 Å². The van der Waals surface area contributed by atoms with Crippen LogP contribution in [-0.4, -0.2) is 38.4 Å². The Kier molecular flexibility index (Phi) is 7.28. The molecule has 13 heteroatoms. The molecule has 0 bridgehead atoms. The van der Waals surface area contributed by atoms with E-state index < -0.39 is 35.1 Å². The van der Waals surface area contributed by atoms with E-state index in [-0.39, 0.29) is 34.2 Å². The Balaban J connectivity index is 1.86. The molecule has 35 heavy (non-hydrogen) atoms. The molecule has 11 nitrogen and oxygen atoms in total. The fourth-order valence-electron chi connectivity index (χ4n) is 3.08. The van der Waals surface area contributed by atoms with Gasteiger partial charge in [0.25, 0.3) is 17.7 Å². The molecule has 0 fully saturated rings. The topological polar surface area (TPSA) is 175 Å². The molecular formula is C22H19ClFN7O4. The van der Waals surface area contributed by atoms with E-state index in [4.69, 9.17) is 23.1 Å². The Labute approximate surface area is 202 Å². The van der Waals surface area contributed by atoms with Gasteiger partial charge in [0.2, 0.25) is 5.95 Å². The quantitative estimate of drug-likeness (QED) is 0.219. The van der Waals surface area contributed by atoms with Crippen molar-refractivity contribution in [2.45, 2.75) is 19.9 Å². The molecule has 2 heterocycles. The molecule has 3 amide bonds. The minimum Gasteiger partial charge on any atom is -0.383 e. The van der Waals surface area contributed by atoms with Crippen LogP contribution in [0.4, 0.5) is 21.6 Å². The largest absolute Gasteiger partial charge is 0.383 e. The van der Waals surface area contributed by atoms with Gasteiger partial charge in [0.1, 0.15) is 22.9 Å². The SMILES string of the molecule is CC(C)n1nc(C(=O)Nc2cc(NC(=O)C(=C=O)c3ccc(Cl)cc3)cnc2F)c(C(N)=O)c1N. The smallest absolute Gasteiger partial charge is 0.277 e. The Morgan fingerprint density at radius 2 is 1.83 bits per heavy atom. The van der Waals surface area contributed by atoms with Gasteiger partial charge in [-0.1, -0.05) is 23.7 Å². The third kappa shape index (κ3) is 5.35. The number of hydrogen-bond acceptors (Lipinski definition) is 7. The summed E-state index contributed by atoms with van der Waals surface area (Å²) in [5, 5.41) is 9.03. The van der Waals surface area contributed by atoms with Crippen molar-refractivity contribution >= 4 is 58.0 Å². The highest BCUT2D eigenvalue weighted by atomic mass is 35.5. The lowest BCUT2D eigenvalue weighted by Gasteiger charge is -2.10. The average molecular weight is 500 g/mol. The highest BCUT2D eigenvalue weighted by Gasteiger charge is 2.27. The standard InChI is InChI=1S/C22H19ClFN7O4/c1-10(2)31-19(25)16(20(26)33)17(30-31)22(35)29-15-7-13(8-27-18(15)24)28-21(34)14(9-32)11-3-5-12(23)6-4-11/h3-8,10H,25H2,1-2H3,(H2,26,33)(H,28,34)(H,29,35). The summed E-state index contributed by atoms with van der Waals surface area (Å²) < 4.78 is 15.5. The second-order valence-electron chi connectivity index (χ2n) is 7.47. The lowest BCUT2D eigenvalue weighted by Crippen LogP contribution is -2.21. The molecule has 2 aromatic heterocycles. The van der Waals surface area contributed by atoms with Crippen molar-refractivity contribution in [1.29, 1.82) is 0 Å². The highest BCUT2D eigenvalue weighted by Crippen LogP contribution is 2.24. The maximum atomic E-state index is 14.3. The van der Waals surface area contributed by atoms with Crippen molar-refractivity contribution in [3.63, 3.8) is 0 Å². The molecule has 6 N–H and O–H groups in total. The number of halogens is 2. The lowest BCUT2D eigenvalue weighted by molar-refractivity contribution is -0.111. The van der Waals surface area contributed by atoms with Gasteiger partial charge in [0.05, 0.1) is 17.6 Å². The van der Waals surface area contributed by atoms with Crippen molar-refractivity contribution in [2.75, 3.05) is 16.4 Å². The predicted molar refractivity (Wildman–Crippen MR) is 127 cm³/mol. The van der Waals surface area contributed by atoms with Crippen molar-refractivity contribution in [3.8, 4) is 0 Å². The normalized spacial score (nSPS) is 10.5. The van der Waals surface area contributed by atoms with Gasteiger partial charge in [-0.25, -0.2) is 14.5 Å². The summed E-state index contributed by atoms with van der Waals surface area (Å²) in [6.07, 6.45) is 0.980. The van der Waals surface area contributed by atoms with Crippen molar-refractivity contribution < 1.29 is 23.6 Å². The molecule has 0 saturated heterocycles. The molecule has 0 saturated carbocycles. The zero-order chi connectivity index (χ0) is 25.9. The second-order valence-corrected chi connectivity index (χ2v) is 7.90. The first-order valence-electron chi connectivity index (χ1n) is 10.0. The van der Waals surface area contributed by atoms with Crippen molar-refractivity contribution in [1.82, 2.24) is 14.8 Å². The molecule has 3 aromatic rings. The number of aromatic nitrogens is 3. The van der Waals surface area contributed by atoms with Crippen LogP contribution in [0.5, 0.6) is 0 Å². The summed E-state index contributed by atoms with van der Waals surface area (Å²) in [4.78, 5) is 52.0. The van der Waals surface area contributed by atoms with Gasteiger partial charge in [0, 0.05) is 11.1 Å². The first-order chi connectivity index (χ1) is 16.5. The Morgan fingerprint density at radius 3 is 2.40 bits per heavy atom. The van der Waals surface area contributed by atoms with Gasteiger partial charge in [-0.3, -0.25) is 14.4 Å². The van der Waals surface area contributed by atoms with Gasteiger partial charge in [-0.05, 0) is 37.6 Å². The Bertz CT molecular complexity index is 1380. The van der Waals surface area contributed by atoms with Gasteiger partial charge in [0.15, 0.2) is 5.69 Å². The summed E-state index contributed by atoms with van der Waals surface area (Å²) in [5.74, 6) is -2.48. The van der Waals surface area contributed by atoms with Crippen LogP contribution in [0.15, 0.2) is 36.5 Å². The van der Waals surface area contributed by atoms with E-state index in [2.05, 4.69) is 20.7 Å². The number of primary amides is 1. The molecule has 0 aliphatic rings. The van der Waals surface area contributed by atoms with Gasteiger partial charge in [-0.15, -0.1) is 0 Å². The summed E-state index contributed by atoms with van der Waals surface area (Å²) in [7, 11) is 0. The third-order valence-corrected chi connectivity index (χ3v) is 4.96. The molecular weight excluding hydrogens is 481 g/mol. The van der Waals surface area contributed by atoms with E-state index in [1.807, 2.05) is 0 Å². The summed E-state index contributed by atoms with van der Waals surface area (Å²) in [5.41, 5.74) is 9.93. The lowest BCUT2D eigenvalue weighted by atomic mass is 10.1. The van der Waals surface area contributed by atoms with Gasteiger partial charge >= 0.3 is 0 Å². The number of benzene rings is 1. The molecule has 0 unspecified atom stereocenters. The zero-order valence-corrected chi connectivity index (χ0v) is 19.2. The summed E-state index contributed by atoms with van der Waals surface area (Å²) >= 11 is 5.81. The highest BCUT2D eigenvalue weighted by molar-refractivity contribution is 6.33. The average Bonchev–Trinajstić information content (AvgIpc) is 3.15. The molecule has 0 spiro atoms. The number of pyridine rings is 1. The summed E-state index contributed by atoms with van der Waals surface area (Å²) in [6, 6.07) is 6.65. The van der Waals surface area contributed by atoms with Crippen molar-refractivity contribution in [2.24, 2.45) is 5.73 Å². The molecule has 3 rings (SSSR count). The molecule has 0 aliphatic carbocycles. The van der Waals surface area contributed by atoms with Crippen molar-refractivity contribution in [3.05, 3.63) is 64.3 Å². The number of nitrogen functional groups attached to an aromatic ring is 1. The number of rotatable bonds is 7. The van der Waals surface area contributed by atoms with E-state index in [0.717, 1.165) is 12.3 Å². The number of nitrogens with one attached hydrogen (secondary N) is 2. The molecule has 0 atom stereocenters. The summed E-state index contributed by atoms with van der Waals surface area (Å²) in [6.45, 7) is 3.44. The van der Waals surface area contributed by atoms with E-state index in [1.165, 1.54) is 28.9 Å². The number of hydrogen-bond donors (Lipinski definition) is 4. The van der Waals surface area contributed by atoms with Gasteiger partial charge in [-0.2, -0.15) is 9.49 Å². The van der Waals surface area contributed by atoms with Crippen LogP contribution in [-0.2, 0) is 9.59 Å². The fraction of sp³-hybridized carbons (Fsp3) is 0.136. The zero-order valence-electron chi connectivity index (χ0n) is 18.4. The van der Waals surface area contributed by atoms with E-state index in [0.29, 0.717) is 5.02 Å². The monoisotopic (exact) mass is 499 g/mol. The first-order valence-corrected chi connectivity index (χ1v) is 10.4. The minimum absolute atomic E-state index is 0.0456. The maximum absolute atomic E-state index is 14.3. The van der Waals surface area contributed by atoms with Crippen LogP contribution in [0, 0.1) is 5.95 Å². The number of nitrogens with zero attached hydrogens (tertiary/aromatic N) is 3. The number of amides is 3. The predicted octanol–water partition coefficient (Wildman–Crippen LogP) is 2.44. The number of anilines is 3. The first kappa shape index (κ1) is 25.1. The van der Waals surface area contributed by atoms with Crippen LogP contribution in [0.1, 0.15) is 46.3 Å². The van der Waals surface area contributed by atoms with E-state index >= 15 is 0 Å². The second kappa shape index (κ2) is 10.2. The number of nitrogens with two attached hydrogens (primary N) is 2. The Hall–Kier alpha value is -4.54. The molecule has 0 aliphatic heterocycles. The van der Waals surface area contributed by atoms with E-state index in [1.54, 1.807) is 19.8 Å². The third-order valence-electron chi connectivity index (χ3n) is 4.71. The number of carbonyl (C=O) groups is 3.